The number of rotatable bonds is 1. The van der Waals surface area contributed by atoms with Gasteiger partial charge in [0.1, 0.15) is 0 Å². The van der Waals surface area contributed by atoms with E-state index in [0.717, 1.165) is 0 Å². The molecule has 1 aliphatic rings. The summed E-state index contributed by atoms with van der Waals surface area (Å²) in [4.78, 5) is 0. The third-order valence-corrected chi connectivity index (χ3v) is 14.8. The van der Waals surface area contributed by atoms with Gasteiger partial charge in [0.05, 0.1) is 0 Å². The Bertz CT molecular complexity index is 688. The number of fused-ring (bicyclic) bond motifs is 2. The second-order valence-corrected chi connectivity index (χ2v) is 17.2. The van der Waals surface area contributed by atoms with Crippen LogP contribution < -0.4 is 0 Å². The van der Waals surface area contributed by atoms with Crippen molar-refractivity contribution in [3.05, 3.63) is 53.6 Å². The monoisotopic (exact) mass is 431 g/mol. The van der Waals surface area contributed by atoms with E-state index in [2.05, 4.69) is 78.7 Å². The first-order valence-electron chi connectivity index (χ1n) is 7.39. The van der Waals surface area contributed by atoms with E-state index in [0.29, 0.717) is 8.59 Å². The molecule has 20 heavy (non-hydrogen) atoms. The van der Waals surface area contributed by atoms with E-state index in [-0.39, 0.29) is 0 Å². The van der Waals surface area contributed by atoms with E-state index in [4.69, 9.17) is 0 Å². The maximum absolute atomic E-state index is 2.56. The zero-order chi connectivity index (χ0) is 14.5. The molecule has 2 aromatic rings. The normalized spacial score (nSPS) is 21.2. The molecule has 2 aromatic carbocycles. The number of hydrogen-bond acceptors (Lipinski definition) is 0. The Labute approximate surface area is 130 Å². The van der Waals surface area contributed by atoms with Crippen molar-refractivity contribution in [2.45, 2.75) is 33.3 Å². The number of allylic oxidation sites excluding steroid dienone is 1. The average molecular weight is 430 g/mol. The fraction of sp³-hybridized carbons (Fsp3) is 0.368. The quantitative estimate of drug-likeness (QED) is 0.501. The summed E-state index contributed by atoms with van der Waals surface area (Å²) in [5.41, 5.74) is 3.35. The fourth-order valence-corrected chi connectivity index (χ4v) is 13.5. The molecular formula is C19H23Hf. The summed E-state index contributed by atoms with van der Waals surface area (Å²) in [5, 5.41) is 2.75. The predicted octanol–water partition coefficient (Wildman–Crippen LogP) is 5.82. The molecule has 1 heteroatoms. The molecule has 0 saturated carbocycles. The topological polar surface area (TPSA) is 0 Å². The Morgan fingerprint density at radius 1 is 0.950 bits per heavy atom. The van der Waals surface area contributed by atoms with Gasteiger partial charge in [0.15, 0.2) is 0 Å². The second-order valence-electron chi connectivity index (χ2n) is 7.18. The summed E-state index contributed by atoms with van der Waals surface area (Å²) >= 11 is -1.67. The van der Waals surface area contributed by atoms with Crippen LogP contribution in [0.25, 0.3) is 16.8 Å². The zero-order valence-corrected chi connectivity index (χ0v) is 16.7. The van der Waals surface area contributed by atoms with E-state index < -0.39 is 21.4 Å². The Hall–Kier alpha value is -0.690. The molecule has 0 saturated heterocycles. The molecule has 0 bridgehead atoms. The van der Waals surface area contributed by atoms with Crippen molar-refractivity contribution in [2.24, 2.45) is 5.41 Å². The summed E-state index contributed by atoms with van der Waals surface area (Å²) in [6.07, 6.45) is 4.92. The third-order valence-electron chi connectivity index (χ3n) is 4.83. The average Bonchev–Trinajstić information content (AvgIpc) is 2.75. The van der Waals surface area contributed by atoms with Crippen molar-refractivity contribution >= 4 is 16.8 Å². The van der Waals surface area contributed by atoms with Crippen LogP contribution in [0.5, 0.6) is 0 Å². The molecule has 1 aliphatic carbocycles. The number of hydrogen-bond donors (Lipinski definition) is 0. The van der Waals surface area contributed by atoms with Gasteiger partial charge in [-0.2, -0.15) is 0 Å². The van der Waals surface area contributed by atoms with Crippen molar-refractivity contribution in [1.29, 1.82) is 0 Å². The molecule has 0 heterocycles. The van der Waals surface area contributed by atoms with E-state index in [1.807, 2.05) is 0 Å². The minimum absolute atomic E-state index is 0.308. The van der Waals surface area contributed by atoms with Gasteiger partial charge in [-0.3, -0.25) is 0 Å². The van der Waals surface area contributed by atoms with Crippen molar-refractivity contribution in [2.75, 3.05) is 0 Å². The van der Waals surface area contributed by atoms with Crippen LogP contribution in [0, 0.1) is 5.41 Å². The molecule has 1 unspecified atom stereocenters. The van der Waals surface area contributed by atoms with Crippen LogP contribution in [-0.2, 0) is 24.6 Å². The van der Waals surface area contributed by atoms with Crippen molar-refractivity contribution in [3.8, 4) is 0 Å². The minimum atomic E-state index is -1.67. The summed E-state index contributed by atoms with van der Waals surface area (Å²) in [6.45, 7) is 7.25. The van der Waals surface area contributed by atoms with Crippen LogP contribution in [0.2, 0.25) is 9.36 Å². The summed E-state index contributed by atoms with van der Waals surface area (Å²) in [5.74, 6) is 0. The maximum atomic E-state index is 2.56. The Kier molecular flexibility index (Phi) is 3.32. The molecule has 0 radical (unpaired) electrons. The van der Waals surface area contributed by atoms with Gasteiger partial charge < -0.3 is 0 Å². The molecule has 1 atom stereocenters. The van der Waals surface area contributed by atoms with Crippen LogP contribution >= 0.6 is 0 Å². The third kappa shape index (κ3) is 1.89. The van der Waals surface area contributed by atoms with Crippen LogP contribution in [0.3, 0.4) is 0 Å². The van der Waals surface area contributed by atoms with Gasteiger partial charge in [0.2, 0.25) is 0 Å². The van der Waals surface area contributed by atoms with Gasteiger partial charge in [0, 0.05) is 0 Å². The van der Waals surface area contributed by atoms with Crippen molar-refractivity contribution < 1.29 is 21.4 Å². The molecule has 0 spiro atoms. The van der Waals surface area contributed by atoms with Gasteiger partial charge in [-0.1, -0.05) is 0 Å². The van der Waals surface area contributed by atoms with E-state index >= 15 is 0 Å². The fourth-order valence-electron chi connectivity index (χ4n) is 3.88. The van der Waals surface area contributed by atoms with E-state index in [1.54, 1.807) is 5.56 Å². The van der Waals surface area contributed by atoms with Gasteiger partial charge in [-0.15, -0.1) is 0 Å². The molecule has 3 rings (SSSR count). The summed E-state index contributed by atoms with van der Waals surface area (Å²) in [7, 11) is 0. The van der Waals surface area contributed by atoms with Gasteiger partial charge in [0.25, 0.3) is 0 Å². The van der Waals surface area contributed by atoms with Gasteiger partial charge >= 0.3 is 131 Å². The summed E-state index contributed by atoms with van der Waals surface area (Å²) in [6, 6.07) is 13.6. The predicted molar refractivity (Wildman–Crippen MR) is 85.8 cm³/mol. The summed E-state index contributed by atoms with van der Waals surface area (Å²) < 4.78 is 5.46. The second kappa shape index (κ2) is 4.66. The van der Waals surface area contributed by atoms with Gasteiger partial charge in [-0.25, -0.2) is 0 Å². The first kappa shape index (κ1) is 14.3. The molecule has 0 aromatic heterocycles. The molecular weight excluding hydrogens is 407 g/mol. The van der Waals surface area contributed by atoms with Crippen LogP contribution in [0.15, 0.2) is 42.5 Å². The standard InChI is InChI=1S/C17H17.2CH3.Hf/c1-17(2,3)16-9-8-14-10-12-6-4-5-7-13(12)11-15(14)16;;;/h4-11H,1-3H3;2*1H3;. The van der Waals surface area contributed by atoms with E-state index in [1.165, 1.54) is 16.3 Å². The van der Waals surface area contributed by atoms with Crippen molar-refractivity contribution in [3.63, 3.8) is 0 Å². The molecule has 0 fully saturated rings. The zero-order valence-electron chi connectivity index (χ0n) is 13.1. The van der Waals surface area contributed by atoms with E-state index in [9.17, 15) is 0 Å². The molecule has 103 valence electrons. The molecule has 0 aliphatic heterocycles. The molecule has 0 nitrogen and oxygen atoms in total. The van der Waals surface area contributed by atoms with Crippen LogP contribution in [0.4, 0.5) is 0 Å². The van der Waals surface area contributed by atoms with Crippen LogP contribution in [0.1, 0.15) is 31.9 Å². The molecule has 0 amide bonds. The first-order valence-corrected chi connectivity index (χ1v) is 16.4. The Balaban J connectivity index is 2.32. The van der Waals surface area contributed by atoms with Gasteiger partial charge in [-0.05, 0) is 0 Å². The van der Waals surface area contributed by atoms with Crippen LogP contribution in [-0.4, -0.2) is 0 Å². The Morgan fingerprint density at radius 2 is 1.55 bits per heavy atom. The van der Waals surface area contributed by atoms with Crippen molar-refractivity contribution in [1.82, 2.24) is 0 Å². The molecule has 0 N–H and O–H groups in total. The number of benzene rings is 2. The SMILES string of the molecule is [CH3][Hf]([CH3])[C]1(C(C)(C)C)C=Cc2cc3ccccc3cc21. The Morgan fingerprint density at radius 3 is 2.10 bits per heavy atom. The first-order chi connectivity index (χ1) is 9.36.